The summed E-state index contributed by atoms with van der Waals surface area (Å²) >= 11 is 0. The van der Waals surface area contributed by atoms with E-state index in [2.05, 4.69) is 5.32 Å². The number of aryl methyl sites for hydroxylation is 2. The lowest BCUT2D eigenvalue weighted by Crippen LogP contribution is -2.50. The molecule has 2 amide bonds. The lowest BCUT2D eigenvalue weighted by atomic mass is 9.95. The number of hydrogen-bond donors (Lipinski definition) is 1. The summed E-state index contributed by atoms with van der Waals surface area (Å²) in [6, 6.07) is 15.7. The van der Waals surface area contributed by atoms with E-state index in [0.717, 1.165) is 42.6 Å². The Bertz CT molecular complexity index is 904. The number of rotatable bonds is 10. The van der Waals surface area contributed by atoms with Crippen LogP contribution in [0.25, 0.3) is 0 Å². The predicted molar refractivity (Wildman–Crippen MR) is 132 cm³/mol. The minimum Gasteiger partial charge on any atom is -0.494 e. The Kier molecular flexibility index (Phi) is 9.35. The molecule has 0 unspecified atom stereocenters. The largest absolute Gasteiger partial charge is 0.494 e. The van der Waals surface area contributed by atoms with Gasteiger partial charge < -0.3 is 15.0 Å². The smallest absolute Gasteiger partial charge is 0.242 e. The maximum Gasteiger partial charge on any atom is 0.242 e. The first-order valence-corrected chi connectivity index (χ1v) is 12.3. The van der Waals surface area contributed by atoms with Gasteiger partial charge in [0.05, 0.1) is 6.61 Å². The predicted octanol–water partition coefficient (Wildman–Crippen LogP) is 5.33. The van der Waals surface area contributed by atoms with E-state index in [-0.39, 0.29) is 17.9 Å². The second-order valence-electron chi connectivity index (χ2n) is 9.23. The average molecular weight is 451 g/mol. The molecule has 2 aromatic carbocycles. The number of nitrogens with one attached hydrogen (secondary N) is 1. The van der Waals surface area contributed by atoms with Gasteiger partial charge in [0.1, 0.15) is 11.8 Å². The van der Waals surface area contributed by atoms with Gasteiger partial charge in [0.25, 0.3) is 0 Å². The third kappa shape index (κ3) is 7.62. The maximum absolute atomic E-state index is 13.2. The molecule has 0 spiro atoms. The molecule has 0 aliphatic heterocycles. The van der Waals surface area contributed by atoms with Crippen LogP contribution in [0.5, 0.6) is 5.75 Å². The Hall–Kier alpha value is -2.82. The SMILES string of the molecule is Cc1ccc(OCCCC(=O)N(Cc2ccccc2C)[C@@H](C)C(=O)NC2CCCCC2)cc1. The molecule has 2 aromatic rings. The van der Waals surface area contributed by atoms with E-state index in [9.17, 15) is 9.59 Å². The molecule has 1 fully saturated rings. The molecule has 33 heavy (non-hydrogen) atoms. The summed E-state index contributed by atoms with van der Waals surface area (Å²) in [6.07, 6.45) is 6.57. The van der Waals surface area contributed by atoms with Gasteiger partial charge in [-0.25, -0.2) is 0 Å². The minimum atomic E-state index is -0.517. The highest BCUT2D eigenvalue weighted by molar-refractivity contribution is 5.87. The van der Waals surface area contributed by atoms with Gasteiger partial charge in [0.2, 0.25) is 11.8 Å². The monoisotopic (exact) mass is 450 g/mol. The highest BCUT2D eigenvalue weighted by atomic mass is 16.5. The molecular formula is C28H38N2O3. The topological polar surface area (TPSA) is 58.6 Å². The van der Waals surface area contributed by atoms with Gasteiger partial charge in [0, 0.05) is 19.0 Å². The van der Waals surface area contributed by atoms with Gasteiger partial charge in [-0.1, -0.05) is 61.2 Å². The van der Waals surface area contributed by atoms with Crippen molar-refractivity contribution >= 4 is 11.8 Å². The minimum absolute atomic E-state index is 0.0166. The summed E-state index contributed by atoms with van der Waals surface area (Å²) in [6.45, 7) is 6.83. The molecule has 3 rings (SSSR count). The molecule has 0 heterocycles. The molecular weight excluding hydrogens is 412 g/mol. The standard InChI is InChI=1S/C28H38N2O3/c1-21-15-17-26(18-16-21)33-19-9-14-27(31)30(20-24-11-8-7-10-22(24)2)23(3)28(32)29-25-12-5-4-6-13-25/h7-8,10-11,15-18,23,25H,4-6,9,12-14,19-20H2,1-3H3,(H,29,32)/t23-/m0/s1. The number of hydrogen-bond acceptors (Lipinski definition) is 3. The fourth-order valence-electron chi connectivity index (χ4n) is 4.31. The Morgan fingerprint density at radius 3 is 2.42 bits per heavy atom. The van der Waals surface area contributed by atoms with E-state index < -0.39 is 6.04 Å². The van der Waals surface area contributed by atoms with Crippen molar-refractivity contribution in [3.8, 4) is 5.75 Å². The third-order valence-corrected chi connectivity index (χ3v) is 6.55. The fraction of sp³-hybridized carbons (Fsp3) is 0.500. The summed E-state index contributed by atoms with van der Waals surface area (Å²) in [5.74, 6) is 0.738. The fourth-order valence-corrected chi connectivity index (χ4v) is 4.31. The first kappa shape index (κ1) is 24.8. The molecule has 5 heteroatoms. The highest BCUT2D eigenvalue weighted by Crippen LogP contribution is 2.19. The maximum atomic E-state index is 13.2. The van der Waals surface area contributed by atoms with Crippen LogP contribution in [0.1, 0.15) is 68.6 Å². The Morgan fingerprint density at radius 1 is 1.03 bits per heavy atom. The second kappa shape index (κ2) is 12.4. The molecule has 1 aliphatic carbocycles. The van der Waals surface area contributed by atoms with Crippen LogP contribution >= 0.6 is 0 Å². The molecule has 1 atom stereocenters. The average Bonchev–Trinajstić information content (AvgIpc) is 2.82. The van der Waals surface area contributed by atoms with Gasteiger partial charge in [-0.15, -0.1) is 0 Å². The van der Waals surface area contributed by atoms with E-state index in [1.165, 1.54) is 12.0 Å². The molecule has 5 nitrogen and oxygen atoms in total. The van der Waals surface area contributed by atoms with Gasteiger partial charge in [-0.05, 0) is 63.3 Å². The number of carbonyl (C=O) groups is 2. The summed E-state index contributed by atoms with van der Waals surface area (Å²) in [4.78, 5) is 28.0. The van der Waals surface area contributed by atoms with Crippen molar-refractivity contribution < 1.29 is 14.3 Å². The first-order valence-electron chi connectivity index (χ1n) is 12.3. The molecule has 1 saturated carbocycles. The second-order valence-corrected chi connectivity index (χ2v) is 9.23. The van der Waals surface area contributed by atoms with Gasteiger partial charge in [-0.2, -0.15) is 0 Å². The van der Waals surface area contributed by atoms with E-state index in [4.69, 9.17) is 4.74 Å². The zero-order chi connectivity index (χ0) is 23.6. The number of benzene rings is 2. The Balaban J connectivity index is 1.60. The van der Waals surface area contributed by atoms with Crippen LogP contribution in [-0.2, 0) is 16.1 Å². The van der Waals surface area contributed by atoms with Crippen LogP contribution in [0.4, 0.5) is 0 Å². The zero-order valence-electron chi connectivity index (χ0n) is 20.3. The Morgan fingerprint density at radius 2 is 1.73 bits per heavy atom. The van der Waals surface area contributed by atoms with Crippen LogP contribution < -0.4 is 10.1 Å². The summed E-state index contributed by atoms with van der Waals surface area (Å²) < 4.78 is 5.79. The van der Waals surface area contributed by atoms with Crippen LogP contribution in [0.3, 0.4) is 0 Å². The molecule has 1 N–H and O–H groups in total. The summed E-state index contributed by atoms with van der Waals surface area (Å²) in [5.41, 5.74) is 3.38. The Labute approximate surface area is 198 Å². The van der Waals surface area contributed by atoms with Gasteiger partial charge in [0.15, 0.2) is 0 Å². The van der Waals surface area contributed by atoms with E-state index in [0.29, 0.717) is 26.0 Å². The summed E-state index contributed by atoms with van der Waals surface area (Å²) in [7, 11) is 0. The number of ether oxygens (including phenoxy) is 1. The first-order chi connectivity index (χ1) is 15.9. The van der Waals surface area contributed by atoms with E-state index in [1.807, 2.05) is 69.3 Å². The number of amides is 2. The third-order valence-electron chi connectivity index (χ3n) is 6.55. The molecule has 0 radical (unpaired) electrons. The lowest BCUT2D eigenvalue weighted by molar-refractivity contribution is -0.141. The zero-order valence-corrected chi connectivity index (χ0v) is 20.3. The van der Waals surface area contributed by atoms with E-state index in [1.54, 1.807) is 4.90 Å². The van der Waals surface area contributed by atoms with Crippen LogP contribution in [0.15, 0.2) is 48.5 Å². The van der Waals surface area contributed by atoms with Gasteiger partial charge >= 0.3 is 0 Å². The molecule has 1 aliphatic rings. The van der Waals surface area contributed by atoms with Crippen molar-refractivity contribution in [2.45, 2.75) is 84.3 Å². The molecule has 178 valence electrons. The molecule has 0 aromatic heterocycles. The van der Waals surface area contributed by atoms with Crippen LogP contribution in [0.2, 0.25) is 0 Å². The van der Waals surface area contributed by atoms with Crippen molar-refractivity contribution in [3.63, 3.8) is 0 Å². The van der Waals surface area contributed by atoms with E-state index >= 15 is 0 Å². The molecule has 0 saturated heterocycles. The number of carbonyl (C=O) groups excluding carboxylic acids is 2. The summed E-state index contributed by atoms with van der Waals surface area (Å²) in [5, 5.41) is 3.19. The van der Waals surface area contributed by atoms with Crippen molar-refractivity contribution in [1.29, 1.82) is 0 Å². The van der Waals surface area contributed by atoms with Crippen LogP contribution in [-0.4, -0.2) is 35.4 Å². The normalized spacial score (nSPS) is 15.0. The van der Waals surface area contributed by atoms with Crippen LogP contribution in [0, 0.1) is 13.8 Å². The van der Waals surface area contributed by atoms with Gasteiger partial charge in [-0.3, -0.25) is 9.59 Å². The van der Waals surface area contributed by atoms with Crippen molar-refractivity contribution in [2.24, 2.45) is 0 Å². The van der Waals surface area contributed by atoms with Crippen molar-refractivity contribution in [1.82, 2.24) is 10.2 Å². The lowest BCUT2D eigenvalue weighted by Gasteiger charge is -2.31. The van der Waals surface area contributed by atoms with Crippen molar-refractivity contribution in [2.75, 3.05) is 6.61 Å². The number of nitrogens with zero attached hydrogens (tertiary/aromatic N) is 1. The highest BCUT2D eigenvalue weighted by Gasteiger charge is 2.28. The molecule has 0 bridgehead atoms. The quantitative estimate of drug-likeness (QED) is 0.498. The van der Waals surface area contributed by atoms with Crippen molar-refractivity contribution in [3.05, 3.63) is 65.2 Å².